The van der Waals surface area contributed by atoms with Gasteiger partial charge in [-0.3, -0.25) is 0 Å². The summed E-state index contributed by atoms with van der Waals surface area (Å²) >= 11 is 0. The Morgan fingerprint density at radius 3 is 2.27 bits per heavy atom. The molecule has 160 valence electrons. The van der Waals surface area contributed by atoms with Crippen LogP contribution in [0.5, 0.6) is 0 Å². The molecule has 1 saturated heterocycles. The van der Waals surface area contributed by atoms with Gasteiger partial charge in [0.2, 0.25) is 5.79 Å². The molecule has 0 amide bonds. The molecule has 7 heteroatoms. The summed E-state index contributed by atoms with van der Waals surface area (Å²) in [6.45, 7) is 3.06. The standard InChI is InChI=1S/C23H27NO6/c1-3-14-4-6-15(7-5-14)9-16-10-18(13(2)8-17(16)11-24)23(29)22(28)21(27)20(26)19(12-25)30-23/h4-8,10,19-22,25-29H,3,9,12H2,1-2H3/t19-,20-,21+,22-,23+/m1/s1. The molecule has 5 N–H and O–H groups in total. The number of aliphatic hydroxyl groups is 5. The third-order valence-electron chi connectivity index (χ3n) is 5.75. The molecule has 0 bridgehead atoms. The summed E-state index contributed by atoms with van der Waals surface area (Å²) in [6.07, 6.45) is -5.07. The predicted octanol–water partition coefficient (Wildman–Crippen LogP) is 0.639. The monoisotopic (exact) mass is 413 g/mol. The lowest BCUT2D eigenvalue weighted by Gasteiger charge is -2.46. The van der Waals surface area contributed by atoms with Crippen LogP contribution in [-0.4, -0.2) is 56.6 Å². The van der Waals surface area contributed by atoms with Gasteiger partial charge < -0.3 is 30.3 Å². The first-order valence-corrected chi connectivity index (χ1v) is 9.92. The van der Waals surface area contributed by atoms with E-state index in [1.807, 2.05) is 24.3 Å². The fraction of sp³-hybridized carbons (Fsp3) is 0.435. The van der Waals surface area contributed by atoms with E-state index in [0.29, 0.717) is 23.1 Å². The topological polar surface area (TPSA) is 134 Å². The van der Waals surface area contributed by atoms with Crippen LogP contribution in [0.4, 0.5) is 0 Å². The molecule has 3 rings (SSSR count). The van der Waals surface area contributed by atoms with Gasteiger partial charge in [0.1, 0.15) is 24.4 Å². The molecule has 1 aliphatic heterocycles. The van der Waals surface area contributed by atoms with Gasteiger partial charge in [0.15, 0.2) is 0 Å². The van der Waals surface area contributed by atoms with Crippen molar-refractivity contribution in [1.29, 1.82) is 5.26 Å². The van der Waals surface area contributed by atoms with Crippen LogP contribution in [-0.2, 0) is 23.4 Å². The Hall–Kier alpha value is -2.31. The highest BCUT2D eigenvalue weighted by atomic mass is 16.7. The fourth-order valence-corrected chi connectivity index (χ4v) is 3.88. The number of nitrogens with zero attached hydrogens (tertiary/aromatic N) is 1. The van der Waals surface area contributed by atoms with Crippen molar-refractivity contribution in [1.82, 2.24) is 0 Å². The molecular formula is C23H27NO6. The molecule has 0 unspecified atom stereocenters. The van der Waals surface area contributed by atoms with Gasteiger partial charge in [-0.15, -0.1) is 0 Å². The number of rotatable bonds is 5. The van der Waals surface area contributed by atoms with Crippen LogP contribution in [0.25, 0.3) is 0 Å². The Bertz CT molecular complexity index is 936. The van der Waals surface area contributed by atoms with Crippen molar-refractivity contribution in [3.63, 3.8) is 0 Å². The van der Waals surface area contributed by atoms with E-state index in [1.165, 1.54) is 5.56 Å². The summed E-state index contributed by atoms with van der Waals surface area (Å²) in [5, 5.41) is 60.9. The highest BCUT2D eigenvalue weighted by Gasteiger charge is 2.54. The largest absolute Gasteiger partial charge is 0.394 e. The minimum absolute atomic E-state index is 0.165. The van der Waals surface area contributed by atoms with E-state index in [1.54, 1.807) is 19.1 Å². The van der Waals surface area contributed by atoms with E-state index < -0.39 is 36.8 Å². The van der Waals surface area contributed by atoms with E-state index >= 15 is 0 Å². The molecule has 2 aromatic carbocycles. The molecule has 7 nitrogen and oxygen atoms in total. The van der Waals surface area contributed by atoms with E-state index in [0.717, 1.165) is 12.0 Å². The molecular weight excluding hydrogens is 386 g/mol. The molecule has 1 fully saturated rings. The number of ether oxygens (including phenoxy) is 1. The summed E-state index contributed by atoms with van der Waals surface area (Å²) in [4.78, 5) is 0. The van der Waals surface area contributed by atoms with Crippen LogP contribution in [0, 0.1) is 18.3 Å². The molecule has 1 heterocycles. The number of aliphatic hydroxyl groups excluding tert-OH is 4. The van der Waals surface area contributed by atoms with E-state index in [-0.39, 0.29) is 5.56 Å². The highest BCUT2D eigenvalue weighted by Crippen LogP contribution is 2.39. The van der Waals surface area contributed by atoms with Gasteiger partial charge in [0.25, 0.3) is 0 Å². The van der Waals surface area contributed by atoms with Crippen molar-refractivity contribution >= 4 is 0 Å². The first-order valence-electron chi connectivity index (χ1n) is 9.92. The normalized spacial score (nSPS) is 28.9. The summed E-state index contributed by atoms with van der Waals surface area (Å²) in [6, 6.07) is 13.3. The second kappa shape index (κ2) is 8.82. The van der Waals surface area contributed by atoms with E-state index in [2.05, 4.69) is 13.0 Å². The lowest BCUT2D eigenvalue weighted by molar-refractivity contribution is -0.358. The third kappa shape index (κ3) is 3.98. The SMILES string of the molecule is CCc1ccc(Cc2cc([C@]3(O)O[C@H](CO)[C@@H](O)[C@H](O)[C@H]3O)c(C)cc2C#N)cc1. The number of hydrogen-bond donors (Lipinski definition) is 5. The van der Waals surface area contributed by atoms with Crippen molar-refractivity contribution in [3.8, 4) is 6.07 Å². The number of aryl methyl sites for hydroxylation is 2. The van der Waals surface area contributed by atoms with Crippen LogP contribution >= 0.6 is 0 Å². The second-order valence-electron chi connectivity index (χ2n) is 7.74. The average Bonchev–Trinajstić information content (AvgIpc) is 2.76. The Balaban J connectivity index is 2.04. The van der Waals surface area contributed by atoms with Gasteiger partial charge in [-0.25, -0.2) is 0 Å². The zero-order chi connectivity index (χ0) is 22.1. The summed E-state index contributed by atoms with van der Waals surface area (Å²) in [7, 11) is 0. The Morgan fingerprint density at radius 1 is 1.07 bits per heavy atom. The first-order chi connectivity index (χ1) is 14.2. The van der Waals surface area contributed by atoms with Gasteiger partial charge in [0.05, 0.1) is 18.2 Å². The second-order valence-corrected chi connectivity index (χ2v) is 7.74. The highest BCUT2D eigenvalue weighted by molar-refractivity contribution is 5.48. The molecule has 0 saturated carbocycles. The molecule has 30 heavy (non-hydrogen) atoms. The van der Waals surface area contributed by atoms with E-state index in [4.69, 9.17) is 4.74 Å². The first kappa shape index (κ1) is 22.4. The predicted molar refractivity (Wildman–Crippen MR) is 108 cm³/mol. The summed E-state index contributed by atoms with van der Waals surface area (Å²) in [5.74, 6) is -2.36. The van der Waals surface area contributed by atoms with Crippen LogP contribution in [0.2, 0.25) is 0 Å². The molecule has 0 radical (unpaired) electrons. The number of hydrogen-bond acceptors (Lipinski definition) is 7. The van der Waals surface area contributed by atoms with Gasteiger partial charge in [-0.05, 0) is 54.2 Å². The van der Waals surface area contributed by atoms with Crippen LogP contribution in [0.1, 0.15) is 40.3 Å². The Kier molecular flexibility index (Phi) is 6.58. The third-order valence-corrected chi connectivity index (χ3v) is 5.75. The van der Waals surface area contributed by atoms with Crippen LogP contribution in [0.15, 0.2) is 36.4 Å². The van der Waals surface area contributed by atoms with Crippen molar-refractivity contribution < 1.29 is 30.3 Å². The minimum atomic E-state index is -2.36. The molecule has 0 aromatic heterocycles. The Morgan fingerprint density at radius 2 is 1.70 bits per heavy atom. The Labute approximate surface area is 175 Å². The van der Waals surface area contributed by atoms with Crippen LogP contribution in [0.3, 0.4) is 0 Å². The lowest BCUT2D eigenvalue weighted by atomic mass is 9.84. The van der Waals surface area contributed by atoms with Crippen molar-refractivity contribution in [3.05, 3.63) is 69.8 Å². The van der Waals surface area contributed by atoms with Crippen molar-refractivity contribution in [2.75, 3.05) is 6.61 Å². The van der Waals surface area contributed by atoms with Gasteiger partial charge in [-0.2, -0.15) is 5.26 Å². The maximum atomic E-state index is 11.2. The van der Waals surface area contributed by atoms with Gasteiger partial charge in [-0.1, -0.05) is 31.2 Å². The molecule has 0 aliphatic carbocycles. The molecule has 0 spiro atoms. The zero-order valence-corrected chi connectivity index (χ0v) is 17.0. The fourth-order valence-electron chi connectivity index (χ4n) is 3.88. The smallest absolute Gasteiger partial charge is 0.222 e. The maximum Gasteiger partial charge on any atom is 0.222 e. The minimum Gasteiger partial charge on any atom is -0.394 e. The van der Waals surface area contributed by atoms with Gasteiger partial charge in [0, 0.05) is 5.56 Å². The summed E-state index contributed by atoms with van der Waals surface area (Å²) in [5.41, 5.74) is 3.84. The molecule has 5 atom stereocenters. The number of benzene rings is 2. The van der Waals surface area contributed by atoms with Gasteiger partial charge >= 0.3 is 0 Å². The van der Waals surface area contributed by atoms with E-state index in [9.17, 15) is 30.8 Å². The number of nitriles is 1. The molecule has 1 aliphatic rings. The average molecular weight is 413 g/mol. The quantitative estimate of drug-likeness (QED) is 0.486. The van der Waals surface area contributed by atoms with Crippen molar-refractivity contribution in [2.24, 2.45) is 0 Å². The lowest BCUT2D eigenvalue weighted by Crippen LogP contribution is -2.63. The van der Waals surface area contributed by atoms with Crippen LogP contribution < -0.4 is 0 Å². The molecule has 2 aromatic rings. The van der Waals surface area contributed by atoms with Crippen molar-refractivity contribution in [2.45, 2.75) is 56.9 Å². The maximum absolute atomic E-state index is 11.2. The zero-order valence-electron chi connectivity index (χ0n) is 17.0. The summed E-state index contributed by atoms with van der Waals surface area (Å²) < 4.78 is 5.46.